The van der Waals surface area contributed by atoms with Crippen molar-refractivity contribution < 1.29 is 19.2 Å². The number of carbonyl (C=O) groups excluding carboxylic acids is 2. The number of benzene rings is 2. The van der Waals surface area contributed by atoms with Crippen LogP contribution in [0.1, 0.15) is 36.7 Å². The Morgan fingerprint density at radius 2 is 1.85 bits per heavy atom. The summed E-state index contributed by atoms with van der Waals surface area (Å²) in [7, 11) is 0. The Balaban J connectivity index is 1.73. The highest BCUT2D eigenvalue weighted by Crippen LogP contribution is 2.31. The highest BCUT2D eigenvalue weighted by atomic mass is 16.6. The number of ether oxygens (including phenoxy) is 1. The van der Waals surface area contributed by atoms with E-state index in [0.29, 0.717) is 23.5 Å². The number of nitro benzene ring substituents is 1. The van der Waals surface area contributed by atoms with Crippen LogP contribution in [0, 0.1) is 10.1 Å². The second-order valence-electron chi connectivity index (χ2n) is 7.16. The number of hydrogen-bond donors (Lipinski definition) is 1. The standard InChI is InChI=1S/C19H19N3O5/c1-19(2,3)27-18(24)20-13-5-8-14(9-6-13)21-11-12-4-7-15(22(25)26)10-16(12)17(21)23/h4-10H,11H2,1-3H3,(H,20,24). The van der Waals surface area contributed by atoms with Crippen molar-refractivity contribution in [2.45, 2.75) is 32.9 Å². The van der Waals surface area contributed by atoms with Gasteiger partial charge in [0.25, 0.3) is 11.6 Å². The molecule has 8 heteroatoms. The van der Waals surface area contributed by atoms with Crippen LogP contribution in [0.4, 0.5) is 21.9 Å². The van der Waals surface area contributed by atoms with Gasteiger partial charge in [-0.05, 0) is 56.7 Å². The highest BCUT2D eigenvalue weighted by Gasteiger charge is 2.30. The predicted octanol–water partition coefficient (Wildman–Crippen LogP) is 4.10. The third-order valence-electron chi connectivity index (χ3n) is 3.93. The maximum absolute atomic E-state index is 12.6. The monoisotopic (exact) mass is 369 g/mol. The maximum atomic E-state index is 12.6. The van der Waals surface area contributed by atoms with E-state index in [0.717, 1.165) is 5.56 Å². The minimum absolute atomic E-state index is 0.110. The van der Waals surface area contributed by atoms with Crippen molar-refractivity contribution >= 4 is 29.1 Å². The minimum Gasteiger partial charge on any atom is -0.444 e. The molecule has 3 rings (SSSR count). The second-order valence-corrected chi connectivity index (χ2v) is 7.16. The second kappa shape index (κ2) is 6.71. The van der Waals surface area contributed by atoms with Crippen LogP contribution < -0.4 is 10.2 Å². The Labute approximate surface area is 155 Å². The first-order valence-electron chi connectivity index (χ1n) is 8.33. The fourth-order valence-electron chi connectivity index (χ4n) is 2.76. The van der Waals surface area contributed by atoms with E-state index >= 15 is 0 Å². The maximum Gasteiger partial charge on any atom is 0.412 e. The Hall–Kier alpha value is -3.42. The molecular weight excluding hydrogens is 350 g/mol. The lowest BCUT2D eigenvalue weighted by molar-refractivity contribution is -0.384. The molecule has 0 spiro atoms. The normalized spacial score (nSPS) is 13.3. The molecule has 1 aliphatic rings. The van der Waals surface area contributed by atoms with Crippen molar-refractivity contribution in [3.8, 4) is 0 Å². The summed E-state index contributed by atoms with van der Waals surface area (Å²) >= 11 is 0. The van der Waals surface area contributed by atoms with Crippen LogP contribution in [0.25, 0.3) is 0 Å². The third-order valence-corrected chi connectivity index (χ3v) is 3.93. The van der Waals surface area contributed by atoms with Gasteiger partial charge >= 0.3 is 6.09 Å². The summed E-state index contributed by atoms with van der Waals surface area (Å²) in [5.41, 5.74) is 1.53. The average Bonchev–Trinajstić information content (AvgIpc) is 2.90. The molecule has 0 bridgehead atoms. The molecule has 1 aliphatic heterocycles. The van der Waals surface area contributed by atoms with E-state index in [1.54, 1.807) is 51.1 Å². The summed E-state index contributed by atoms with van der Waals surface area (Å²) in [6.45, 7) is 5.66. The average molecular weight is 369 g/mol. The lowest BCUT2D eigenvalue weighted by Gasteiger charge is -2.20. The molecule has 8 nitrogen and oxygen atoms in total. The van der Waals surface area contributed by atoms with E-state index in [4.69, 9.17) is 4.74 Å². The van der Waals surface area contributed by atoms with Crippen LogP contribution in [0.2, 0.25) is 0 Å². The third kappa shape index (κ3) is 4.05. The summed E-state index contributed by atoms with van der Waals surface area (Å²) in [5.74, 6) is -0.290. The summed E-state index contributed by atoms with van der Waals surface area (Å²) in [6.07, 6.45) is -0.563. The first-order valence-corrected chi connectivity index (χ1v) is 8.33. The molecule has 0 unspecified atom stereocenters. The summed E-state index contributed by atoms with van der Waals surface area (Å²) < 4.78 is 5.19. The van der Waals surface area contributed by atoms with Gasteiger partial charge in [-0.25, -0.2) is 4.79 Å². The van der Waals surface area contributed by atoms with E-state index in [1.165, 1.54) is 17.0 Å². The molecule has 2 amide bonds. The number of nitrogens with zero attached hydrogens (tertiary/aromatic N) is 2. The van der Waals surface area contributed by atoms with Gasteiger partial charge in [-0.15, -0.1) is 0 Å². The van der Waals surface area contributed by atoms with Gasteiger partial charge in [0.2, 0.25) is 0 Å². The van der Waals surface area contributed by atoms with Crippen LogP contribution in [-0.4, -0.2) is 22.5 Å². The molecule has 0 fully saturated rings. The lowest BCUT2D eigenvalue weighted by Crippen LogP contribution is -2.27. The van der Waals surface area contributed by atoms with E-state index in [2.05, 4.69) is 5.32 Å². The van der Waals surface area contributed by atoms with Gasteiger partial charge in [0.05, 0.1) is 17.0 Å². The van der Waals surface area contributed by atoms with Gasteiger partial charge in [0, 0.05) is 23.5 Å². The molecule has 0 saturated heterocycles. The summed E-state index contributed by atoms with van der Waals surface area (Å²) in [4.78, 5) is 36.3. The van der Waals surface area contributed by atoms with Crippen molar-refractivity contribution in [1.29, 1.82) is 0 Å². The van der Waals surface area contributed by atoms with Crippen molar-refractivity contribution in [1.82, 2.24) is 0 Å². The predicted molar refractivity (Wildman–Crippen MR) is 99.9 cm³/mol. The number of carbonyl (C=O) groups is 2. The largest absolute Gasteiger partial charge is 0.444 e. The number of nitro groups is 1. The molecule has 2 aromatic carbocycles. The number of nitrogens with one attached hydrogen (secondary N) is 1. The van der Waals surface area contributed by atoms with Crippen molar-refractivity contribution in [2.75, 3.05) is 10.2 Å². The number of non-ortho nitro benzene ring substituents is 1. The smallest absolute Gasteiger partial charge is 0.412 e. The first-order chi connectivity index (χ1) is 12.6. The minimum atomic E-state index is -0.597. The van der Waals surface area contributed by atoms with Crippen LogP contribution in [0.3, 0.4) is 0 Å². The molecular formula is C19H19N3O5. The quantitative estimate of drug-likeness (QED) is 0.648. The Morgan fingerprint density at radius 1 is 1.19 bits per heavy atom. The van der Waals surface area contributed by atoms with Crippen LogP contribution in [-0.2, 0) is 11.3 Å². The topological polar surface area (TPSA) is 102 Å². The zero-order chi connectivity index (χ0) is 19.8. The van der Waals surface area contributed by atoms with Gasteiger partial charge < -0.3 is 9.64 Å². The fourth-order valence-corrected chi connectivity index (χ4v) is 2.76. The number of anilines is 2. The number of amides is 2. The SMILES string of the molecule is CC(C)(C)OC(=O)Nc1ccc(N2Cc3ccc([N+](=O)[O-])cc3C2=O)cc1. The van der Waals surface area contributed by atoms with Gasteiger partial charge in [-0.3, -0.25) is 20.2 Å². The molecule has 140 valence electrons. The van der Waals surface area contributed by atoms with Crippen LogP contribution in [0.15, 0.2) is 42.5 Å². The highest BCUT2D eigenvalue weighted by molar-refractivity contribution is 6.10. The molecule has 27 heavy (non-hydrogen) atoms. The number of rotatable bonds is 3. The van der Waals surface area contributed by atoms with Crippen LogP contribution in [0.5, 0.6) is 0 Å². The fraction of sp³-hybridized carbons (Fsp3) is 0.263. The van der Waals surface area contributed by atoms with Gasteiger partial charge in [-0.2, -0.15) is 0 Å². The molecule has 0 radical (unpaired) electrons. The van der Waals surface area contributed by atoms with Gasteiger partial charge in [0.15, 0.2) is 0 Å². The number of hydrogen-bond acceptors (Lipinski definition) is 5. The van der Waals surface area contributed by atoms with E-state index in [1.807, 2.05) is 0 Å². The molecule has 0 aromatic heterocycles. The molecule has 1 N–H and O–H groups in total. The van der Waals surface area contributed by atoms with Crippen molar-refractivity contribution in [3.05, 3.63) is 63.7 Å². The summed E-state index contributed by atoms with van der Waals surface area (Å²) in [5, 5.41) is 13.5. The van der Waals surface area contributed by atoms with Crippen molar-refractivity contribution in [2.24, 2.45) is 0 Å². The molecule has 2 aromatic rings. The Kier molecular flexibility index (Phi) is 4.57. The van der Waals surface area contributed by atoms with E-state index in [-0.39, 0.29) is 11.6 Å². The summed E-state index contributed by atoms with van der Waals surface area (Å²) in [6, 6.07) is 11.0. The first kappa shape index (κ1) is 18.4. The molecule has 0 atom stereocenters. The van der Waals surface area contributed by atoms with E-state index < -0.39 is 16.6 Å². The van der Waals surface area contributed by atoms with Gasteiger partial charge in [0.1, 0.15) is 5.60 Å². The number of fused-ring (bicyclic) bond motifs is 1. The lowest BCUT2D eigenvalue weighted by atomic mass is 10.1. The Morgan fingerprint density at radius 3 is 2.44 bits per heavy atom. The molecule has 0 aliphatic carbocycles. The van der Waals surface area contributed by atoms with E-state index in [9.17, 15) is 19.7 Å². The molecule has 0 saturated carbocycles. The Bertz CT molecular complexity index is 916. The van der Waals surface area contributed by atoms with Crippen LogP contribution >= 0.6 is 0 Å². The zero-order valence-electron chi connectivity index (χ0n) is 15.2. The van der Waals surface area contributed by atoms with Gasteiger partial charge in [-0.1, -0.05) is 0 Å². The zero-order valence-corrected chi connectivity index (χ0v) is 15.2. The molecule has 1 heterocycles. The van der Waals surface area contributed by atoms with Crippen molar-refractivity contribution in [3.63, 3.8) is 0 Å².